The molecule has 0 rings (SSSR count). The summed E-state index contributed by atoms with van der Waals surface area (Å²) in [6, 6.07) is -0.746. The van der Waals surface area contributed by atoms with Crippen LogP contribution in [-0.2, 0) is 9.59 Å². The van der Waals surface area contributed by atoms with Crippen molar-refractivity contribution < 1.29 is 14.7 Å². The lowest BCUT2D eigenvalue weighted by atomic mass is 10.1. The van der Waals surface area contributed by atoms with Gasteiger partial charge in [0.25, 0.3) is 0 Å². The maximum atomic E-state index is 11.3. The first-order valence-corrected chi connectivity index (χ1v) is 5.14. The first-order chi connectivity index (χ1) is 6.97. The number of nitrogens with zero attached hydrogens (tertiary/aromatic N) is 1. The van der Waals surface area contributed by atoms with E-state index >= 15 is 0 Å². The molecule has 0 spiro atoms. The fraction of sp³-hybridized carbons (Fsp3) is 0.800. The molecule has 0 saturated heterocycles. The van der Waals surface area contributed by atoms with Gasteiger partial charge in [0.2, 0.25) is 5.91 Å². The van der Waals surface area contributed by atoms with Crippen LogP contribution in [0.3, 0.4) is 0 Å². The number of carboxylic acid groups (broad SMARTS) is 1. The van der Waals surface area contributed by atoms with Gasteiger partial charge in [0.05, 0.1) is 0 Å². The quantitative estimate of drug-likeness (QED) is 0.642. The minimum atomic E-state index is -0.963. The van der Waals surface area contributed by atoms with E-state index in [9.17, 15) is 9.59 Å². The van der Waals surface area contributed by atoms with E-state index in [4.69, 9.17) is 5.11 Å². The maximum absolute atomic E-state index is 11.3. The molecule has 0 fully saturated rings. The molecule has 5 heteroatoms. The summed E-state index contributed by atoms with van der Waals surface area (Å²) in [4.78, 5) is 24.0. The molecular formula is C10H20N2O3. The minimum absolute atomic E-state index is 0.204. The lowest BCUT2D eigenvalue weighted by Gasteiger charge is -2.14. The zero-order valence-corrected chi connectivity index (χ0v) is 9.62. The van der Waals surface area contributed by atoms with Crippen LogP contribution in [0.25, 0.3) is 0 Å². The number of hydrogen-bond acceptors (Lipinski definition) is 3. The average molecular weight is 216 g/mol. The van der Waals surface area contributed by atoms with E-state index in [2.05, 4.69) is 5.32 Å². The highest BCUT2D eigenvalue weighted by Gasteiger charge is 2.18. The summed E-state index contributed by atoms with van der Waals surface area (Å²) in [6.07, 6.45) is 1.55. The van der Waals surface area contributed by atoms with E-state index in [1.54, 1.807) is 0 Å². The second-order valence-electron chi connectivity index (χ2n) is 3.80. The first-order valence-electron chi connectivity index (χ1n) is 5.14. The molecule has 0 aromatic carbocycles. The monoisotopic (exact) mass is 216 g/mol. The average Bonchev–Trinajstić information content (AvgIpc) is 2.14. The molecular weight excluding hydrogens is 196 g/mol. The molecule has 88 valence electrons. The Morgan fingerprint density at radius 3 is 2.40 bits per heavy atom. The maximum Gasteiger partial charge on any atom is 0.326 e. The van der Waals surface area contributed by atoms with Crippen LogP contribution in [0.4, 0.5) is 0 Å². The highest BCUT2D eigenvalue weighted by Crippen LogP contribution is 1.97. The van der Waals surface area contributed by atoms with E-state index in [-0.39, 0.29) is 5.91 Å². The number of amides is 1. The molecule has 0 saturated carbocycles. The van der Waals surface area contributed by atoms with Crippen molar-refractivity contribution in [1.82, 2.24) is 10.2 Å². The number of hydrogen-bond donors (Lipinski definition) is 2. The summed E-state index contributed by atoms with van der Waals surface area (Å²) in [6.45, 7) is 2.52. The van der Waals surface area contributed by atoms with Crippen LogP contribution >= 0.6 is 0 Å². The normalized spacial score (nSPS) is 12.5. The fourth-order valence-corrected chi connectivity index (χ4v) is 1.14. The second-order valence-corrected chi connectivity index (χ2v) is 3.80. The Hall–Kier alpha value is -1.10. The Bertz CT molecular complexity index is 217. The Kier molecular flexibility index (Phi) is 6.70. The number of nitrogens with one attached hydrogen (secondary N) is 1. The van der Waals surface area contributed by atoms with E-state index in [0.717, 1.165) is 6.42 Å². The standard InChI is InChI=1S/C10H20N2O3/c1-4-5-8(10(14)15)11-9(13)6-7-12(2)3/h8H,4-7H2,1-3H3,(H,11,13)(H,14,15)/t8-/m0/s1. The fourth-order valence-electron chi connectivity index (χ4n) is 1.14. The van der Waals surface area contributed by atoms with Crippen LogP contribution in [0.1, 0.15) is 26.2 Å². The van der Waals surface area contributed by atoms with E-state index < -0.39 is 12.0 Å². The van der Waals surface area contributed by atoms with E-state index in [0.29, 0.717) is 19.4 Å². The van der Waals surface area contributed by atoms with Crippen LogP contribution in [0.15, 0.2) is 0 Å². The van der Waals surface area contributed by atoms with Gasteiger partial charge >= 0.3 is 5.97 Å². The number of aliphatic carboxylic acids is 1. The molecule has 0 bridgehead atoms. The Balaban J connectivity index is 3.94. The van der Waals surface area contributed by atoms with Gasteiger partial charge in [-0.05, 0) is 20.5 Å². The van der Waals surface area contributed by atoms with E-state index in [1.165, 1.54) is 0 Å². The van der Waals surface area contributed by atoms with Crippen molar-refractivity contribution in [3.8, 4) is 0 Å². The molecule has 0 aliphatic heterocycles. The van der Waals surface area contributed by atoms with Crippen LogP contribution in [0.5, 0.6) is 0 Å². The molecule has 1 atom stereocenters. The van der Waals surface area contributed by atoms with Crippen LogP contribution < -0.4 is 5.32 Å². The summed E-state index contributed by atoms with van der Waals surface area (Å²) >= 11 is 0. The molecule has 0 aromatic heterocycles. The number of carbonyl (C=O) groups is 2. The van der Waals surface area contributed by atoms with Crippen molar-refractivity contribution in [2.45, 2.75) is 32.2 Å². The third-order valence-corrected chi connectivity index (χ3v) is 2.00. The number of rotatable bonds is 7. The third-order valence-electron chi connectivity index (χ3n) is 2.00. The van der Waals surface area contributed by atoms with Gasteiger partial charge in [-0.15, -0.1) is 0 Å². The largest absolute Gasteiger partial charge is 0.480 e. The Morgan fingerprint density at radius 2 is 2.00 bits per heavy atom. The molecule has 2 N–H and O–H groups in total. The minimum Gasteiger partial charge on any atom is -0.480 e. The molecule has 15 heavy (non-hydrogen) atoms. The smallest absolute Gasteiger partial charge is 0.326 e. The van der Waals surface area contributed by atoms with E-state index in [1.807, 2.05) is 25.9 Å². The van der Waals surface area contributed by atoms with Crippen LogP contribution in [0.2, 0.25) is 0 Å². The van der Waals surface area contributed by atoms with Crippen molar-refractivity contribution in [3.63, 3.8) is 0 Å². The van der Waals surface area contributed by atoms with Crippen LogP contribution in [-0.4, -0.2) is 48.6 Å². The van der Waals surface area contributed by atoms with Gasteiger partial charge in [0.1, 0.15) is 6.04 Å². The van der Waals surface area contributed by atoms with Crippen molar-refractivity contribution in [2.75, 3.05) is 20.6 Å². The van der Waals surface area contributed by atoms with Gasteiger partial charge in [0.15, 0.2) is 0 Å². The summed E-state index contributed by atoms with van der Waals surface area (Å²) in [7, 11) is 3.74. The summed E-state index contributed by atoms with van der Waals surface area (Å²) < 4.78 is 0. The number of carboxylic acids is 1. The molecule has 0 radical (unpaired) electrons. The molecule has 5 nitrogen and oxygen atoms in total. The molecule has 0 aliphatic rings. The molecule has 0 heterocycles. The molecule has 0 aliphatic carbocycles. The van der Waals surface area contributed by atoms with Gasteiger partial charge < -0.3 is 15.3 Å². The summed E-state index contributed by atoms with van der Waals surface area (Å²) in [5, 5.41) is 11.3. The Morgan fingerprint density at radius 1 is 1.40 bits per heavy atom. The van der Waals surface area contributed by atoms with Crippen molar-refractivity contribution >= 4 is 11.9 Å². The summed E-state index contributed by atoms with van der Waals surface area (Å²) in [5.41, 5.74) is 0. The topological polar surface area (TPSA) is 69.6 Å². The molecule has 1 amide bonds. The van der Waals surface area contributed by atoms with Crippen LogP contribution in [0, 0.1) is 0 Å². The lowest BCUT2D eigenvalue weighted by Crippen LogP contribution is -2.41. The van der Waals surface area contributed by atoms with Crippen molar-refractivity contribution in [3.05, 3.63) is 0 Å². The van der Waals surface area contributed by atoms with Crippen molar-refractivity contribution in [2.24, 2.45) is 0 Å². The second kappa shape index (κ2) is 7.23. The van der Waals surface area contributed by atoms with Gasteiger partial charge in [-0.2, -0.15) is 0 Å². The highest BCUT2D eigenvalue weighted by atomic mass is 16.4. The van der Waals surface area contributed by atoms with Crippen molar-refractivity contribution in [1.29, 1.82) is 0 Å². The summed E-state index contributed by atoms with van der Waals surface area (Å²) in [5.74, 6) is -1.17. The van der Waals surface area contributed by atoms with Gasteiger partial charge in [0, 0.05) is 13.0 Å². The predicted octanol–water partition coefficient (Wildman–Crippen LogP) is 0.308. The zero-order chi connectivity index (χ0) is 11.8. The number of carbonyl (C=O) groups excluding carboxylic acids is 1. The molecule has 0 unspecified atom stereocenters. The first kappa shape index (κ1) is 13.9. The SMILES string of the molecule is CCC[C@H](NC(=O)CCN(C)C)C(=O)O. The molecule has 0 aromatic rings. The Labute approximate surface area is 90.5 Å². The zero-order valence-electron chi connectivity index (χ0n) is 9.62. The third kappa shape index (κ3) is 6.90. The van der Waals surface area contributed by atoms with Gasteiger partial charge in [-0.1, -0.05) is 13.3 Å². The van der Waals surface area contributed by atoms with Gasteiger partial charge in [-0.25, -0.2) is 4.79 Å². The van der Waals surface area contributed by atoms with Gasteiger partial charge in [-0.3, -0.25) is 4.79 Å². The highest BCUT2D eigenvalue weighted by molar-refractivity contribution is 5.83. The predicted molar refractivity (Wildman–Crippen MR) is 57.6 cm³/mol. The lowest BCUT2D eigenvalue weighted by molar-refractivity contribution is -0.142.